The minimum Gasteiger partial charge on any atom is -0.378 e. The fourth-order valence-electron chi connectivity index (χ4n) is 3.00. The molecule has 5 heteroatoms. The molecular weight excluding hydrogens is 338 g/mol. The lowest BCUT2D eigenvalue weighted by atomic mass is 9.91. The number of hydrogen-bond acceptors (Lipinski definition) is 3. The van der Waals surface area contributed by atoms with Gasteiger partial charge in [-0.05, 0) is 46.8 Å². The Hall–Kier alpha value is -0.520. The van der Waals surface area contributed by atoms with Crippen LogP contribution in [0, 0.1) is 5.92 Å². The summed E-state index contributed by atoms with van der Waals surface area (Å²) in [7, 11) is 0. The third-order valence-corrected chi connectivity index (χ3v) is 6.36. The van der Waals surface area contributed by atoms with E-state index in [4.69, 9.17) is 0 Å². The van der Waals surface area contributed by atoms with Gasteiger partial charge < -0.3 is 10.4 Å². The molecule has 0 spiro atoms. The molecule has 1 fully saturated rings. The highest BCUT2D eigenvalue weighted by atomic mass is 79.9. The summed E-state index contributed by atoms with van der Waals surface area (Å²) in [6, 6.07) is 3.85. The SMILES string of the molecule is CC1CCCC(Sc2cc3c(cc2Br)C(O)C(=O)N3)C1. The molecule has 0 bridgehead atoms. The molecule has 3 unspecified atom stereocenters. The first-order valence-electron chi connectivity index (χ1n) is 7.03. The van der Waals surface area contributed by atoms with Crippen molar-refractivity contribution in [3.05, 3.63) is 22.2 Å². The van der Waals surface area contributed by atoms with Crippen molar-refractivity contribution >= 4 is 39.3 Å². The standard InChI is InChI=1S/C15H18BrNO2S/c1-8-3-2-4-9(5-8)20-13-7-12-10(6-11(13)16)14(18)15(19)17-12/h6-9,14,18H,2-5H2,1H3,(H,17,19). The van der Waals surface area contributed by atoms with Crippen molar-refractivity contribution < 1.29 is 9.90 Å². The highest BCUT2D eigenvalue weighted by molar-refractivity contribution is 9.10. The fraction of sp³-hybridized carbons (Fsp3) is 0.533. The zero-order valence-corrected chi connectivity index (χ0v) is 13.8. The van der Waals surface area contributed by atoms with E-state index in [0.717, 1.165) is 21.0 Å². The zero-order chi connectivity index (χ0) is 14.3. The number of nitrogens with one attached hydrogen (secondary N) is 1. The Kier molecular flexibility index (Phi) is 4.11. The van der Waals surface area contributed by atoms with Crippen LogP contribution < -0.4 is 5.32 Å². The summed E-state index contributed by atoms with van der Waals surface area (Å²) in [5.41, 5.74) is 1.42. The lowest BCUT2D eigenvalue weighted by molar-refractivity contribution is -0.123. The van der Waals surface area contributed by atoms with Gasteiger partial charge in [0.2, 0.25) is 0 Å². The van der Waals surface area contributed by atoms with Crippen molar-refractivity contribution in [2.45, 2.75) is 48.9 Å². The molecule has 3 atom stereocenters. The van der Waals surface area contributed by atoms with Crippen molar-refractivity contribution in [2.75, 3.05) is 5.32 Å². The van der Waals surface area contributed by atoms with Gasteiger partial charge in [-0.2, -0.15) is 0 Å². The van der Waals surface area contributed by atoms with Crippen molar-refractivity contribution in [2.24, 2.45) is 5.92 Å². The smallest absolute Gasteiger partial charge is 0.257 e. The van der Waals surface area contributed by atoms with Gasteiger partial charge in [-0.1, -0.05) is 19.8 Å². The number of benzene rings is 1. The Morgan fingerprint density at radius 2 is 2.20 bits per heavy atom. The highest BCUT2D eigenvalue weighted by Gasteiger charge is 2.30. The zero-order valence-electron chi connectivity index (χ0n) is 11.4. The number of fused-ring (bicyclic) bond motifs is 1. The number of hydrogen-bond donors (Lipinski definition) is 2. The van der Waals surface area contributed by atoms with Crippen molar-refractivity contribution in [1.29, 1.82) is 0 Å². The number of carbonyl (C=O) groups is 1. The van der Waals surface area contributed by atoms with Crippen LogP contribution >= 0.6 is 27.7 Å². The Balaban J connectivity index is 1.81. The summed E-state index contributed by atoms with van der Waals surface area (Å²) in [6.07, 6.45) is 4.12. The van der Waals surface area contributed by atoms with Gasteiger partial charge in [-0.15, -0.1) is 11.8 Å². The number of thioether (sulfide) groups is 1. The number of amides is 1. The second-order valence-corrected chi connectivity index (χ2v) is 7.97. The average molecular weight is 356 g/mol. The van der Waals surface area contributed by atoms with Crippen LogP contribution in [0.2, 0.25) is 0 Å². The first kappa shape index (κ1) is 14.4. The summed E-state index contributed by atoms with van der Waals surface area (Å²) in [6.45, 7) is 2.32. The Morgan fingerprint density at radius 3 is 2.95 bits per heavy atom. The quantitative estimate of drug-likeness (QED) is 0.839. The Labute approximate surface area is 131 Å². The van der Waals surface area contributed by atoms with Crippen LogP contribution in [-0.4, -0.2) is 16.3 Å². The molecule has 1 aliphatic heterocycles. The van der Waals surface area contributed by atoms with Crippen LogP contribution in [-0.2, 0) is 4.79 Å². The van der Waals surface area contributed by atoms with Crippen LogP contribution in [0.25, 0.3) is 0 Å². The van der Waals surface area contributed by atoms with E-state index in [1.54, 1.807) is 0 Å². The van der Waals surface area contributed by atoms with E-state index < -0.39 is 6.10 Å². The number of aliphatic hydroxyl groups is 1. The maximum Gasteiger partial charge on any atom is 0.257 e. The van der Waals surface area contributed by atoms with E-state index in [9.17, 15) is 9.90 Å². The van der Waals surface area contributed by atoms with Crippen LogP contribution in [0.4, 0.5) is 5.69 Å². The molecular formula is C15H18BrNO2S. The van der Waals surface area contributed by atoms with Gasteiger partial charge in [0.15, 0.2) is 6.10 Å². The molecule has 1 saturated carbocycles. The van der Waals surface area contributed by atoms with E-state index >= 15 is 0 Å². The summed E-state index contributed by atoms with van der Waals surface area (Å²) in [5, 5.41) is 13.2. The van der Waals surface area contributed by atoms with Gasteiger partial charge in [-0.25, -0.2) is 0 Å². The second-order valence-electron chi connectivity index (χ2n) is 5.77. The van der Waals surface area contributed by atoms with Gasteiger partial charge in [-0.3, -0.25) is 4.79 Å². The molecule has 20 heavy (non-hydrogen) atoms. The third kappa shape index (κ3) is 2.76. The topological polar surface area (TPSA) is 49.3 Å². The fourth-order valence-corrected chi connectivity index (χ4v) is 5.07. The number of aliphatic hydroxyl groups excluding tert-OH is 1. The van der Waals surface area contributed by atoms with Crippen LogP contribution in [0.1, 0.15) is 44.3 Å². The molecule has 3 nitrogen and oxygen atoms in total. The molecule has 2 N–H and O–H groups in total. The Morgan fingerprint density at radius 1 is 1.40 bits per heavy atom. The predicted molar refractivity (Wildman–Crippen MR) is 85.0 cm³/mol. The van der Waals surface area contributed by atoms with Crippen LogP contribution in [0.3, 0.4) is 0 Å². The van der Waals surface area contributed by atoms with Crippen molar-refractivity contribution in [1.82, 2.24) is 0 Å². The van der Waals surface area contributed by atoms with Gasteiger partial charge in [0.25, 0.3) is 5.91 Å². The van der Waals surface area contributed by atoms with E-state index in [-0.39, 0.29) is 5.91 Å². The molecule has 108 valence electrons. The average Bonchev–Trinajstić information content (AvgIpc) is 2.66. The first-order valence-corrected chi connectivity index (χ1v) is 8.71. The maximum absolute atomic E-state index is 11.5. The predicted octanol–water partition coefficient (Wildman–Crippen LogP) is 4.11. The molecule has 1 aliphatic carbocycles. The lowest BCUT2D eigenvalue weighted by Crippen LogP contribution is -2.14. The summed E-state index contributed by atoms with van der Waals surface area (Å²) in [4.78, 5) is 12.7. The monoisotopic (exact) mass is 355 g/mol. The van der Waals surface area contributed by atoms with E-state index in [1.165, 1.54) is 25.7 Å². The minimum absolute atomic E-state index is 0.333. The van der Waals surface area contributed by atoms with Gasteiger partial charge in [0.05, 0.1) is 0 Å². The second kappa shape index (κ2) is 5.70. The van der Waals surface area contributed by atoms with Gasteiger partial charge >= 0.3 is 0 Å². The first-order chi connectivity index (χ1) is 9.54. The van der Waals surface area contributed by atoms with Crippen molar-refractivity contribution in [3.8, 4) is 0 Å². The minimum atomic E-state index is -1.03. The van der Waals surface area contributed by atoms with E-state index in [1.807, 2.05) is 23.9 Å². The molecule has 1 aromatic carbocycles. The maximum atomic E-state index is 11.5. The number of carbonyl (C=O) groups excluding carboxylic acids is 1. The van der Waals surface area contributed by atoms with Crippen molar-refractivity contribution in [3.63, 3.8) is 0 Å². The molecule has 3 rings (SSSR count). The molecule has 2 aliphatic rings. The molecule has 0 radical (unpaired) electrons. The molecule has 0 aromatic heterocycles. The Bertz CT molecular complexity index is 549. The third-order valence-electron chi connectivity index (χ3n) is 4.09. The summed E-state index contributed by atoms with van der Waals surface area (Å²) >= 11 is 5.45. The van der Waals surface area contributed by atoms with Gasteiger partial charge in [0, 0.05) is 25.9 Å². The lowest BCUT2D eigenvalue weighted by Gasteiger charge is -2.26. The molecule has 1 aromatic rings. The number of halogens is 1. The molecule has 0 saturated heterocycles. The summed E-state index contributed by atoms with van der Waals surface area (Å²) in [5.74, 6) is 0.469. The van der Waals surface area contributed by atoms with E-state index in [2.05, 4.69) is 28.2 Å². The normalized spacial score (nSPS) is 29.1. The van der Waals surface area contributed by atoms with Gasteiger partial charge in [0.1, 0.15) is 0 Å². The number of anilines is 1. The largest absolute Gasteiger partial charge is 0.378 e. The van der Waals surface area contributed by atoms with Crippen LogP contribution in [0.5, 0.6) is 0 Å². The number of rotatable bonds is 2. The molecule has 1 heterocycles. The highest BCUT2D eigenvalue weighted by Crippen LogP contribution is 2.43. The van der Waals surface area contributed by atoms with E-state index in [0.29, 0.717) is 10.8 Å². The summed E-state index contributed by atoms with van der Waals surface area (Å²) < 4.78 is 0.968. The van der Waals surface area contributed by atoms with Crippen LogP contribution in [0.15, 0.2) is 21.5 Å². The molecule has 1 amide bonds.